The third-order valence-corrected chi connectivity index (χ3v) is 3.57. The van der Waals surface area contributed by atoms with Crippen LogP contribution in [0.2, 0.25) is 0 Å². The summed E-state index contributed by atoms with van der Waals surface area (Å²) in [6.07, 6.45) is 0. The molecule has 3 heteroatoms. The Balaban J connectivity index is 2.37. The van der Waals surface area contributed by atoms with Gasteiger partial charge < -0.3 is 0 Å². The molecule has 0 heterocycles. The van der Waals surface area contributed by atoms with Gasteiger partial charge in [-0.2, -0.15) is 11.8 Å². The molecular formula is C9H10ClIS. The predicted molar refractivity (Wildman–Crippen MR) is 66.0 cm³/mol. The van der Waals surface area contributed by atoms with E-state index in [0.717, 1.165) is 17.4 Å². The van der Waals surface area contributed by atoms with Gasteiger partial charge in [-0.15, -0.1) is 11.6 Å². The maximum Gasteiger partial charge on any atom is 0.0314 e. The van der Waals surface area contributed by atoms with Crippen molar-refractivity contribution in [3.8, 4) is 0 Å². The summed E-state index contributed by atoms with van der Waals surface area (Å²) < 4.78 is 1.29. The Morgan fingerprint density at radius 2 is 1.92 bits per heavy atom. The van der Waals surface area contributed by atoms with Crippen molar-refractivity contribution < 1.29 is 0 Å². The normalized spacial score (nSPS) is 10.2. The molecule has 1 aromatic carbocycles. The van der Waals surface area contributed by atoms with Gasteiger partial charge in [0.2, 0.25) is 0 Å². The first-order valence-electron chi connectivity index (χ1n) is 3.71. The molecule has 0 spiro atoms. The molecule has 0 nitrogen and oxygen atoms in total. The van der Waals surface area contributed by atoms with Crippen LogP contribution in [0.4, 0.5) is 0 Å². The number of hydrogen-bond donors (Lipinski definition) is 0. The van der Waals surface area contributed by atoms with E-state index in [0.29, 0.717) is 0 Å². The van der Waals surface area contributed by atoms with Crippen molar-refractivity contribution in [2.45, 2.75) is 5.75 Å². The Kier molecular flexibility index (Phi) is 5.43. The second kappa shape index (κ2) is 6.11. The second-order valence-electron chi connectivity index (χ2n) is 2.37. The molecule has 0 amide bonds. The number of rotatable bonds is 4. The van der Waals surface area contributed by atoms with Crippen molar-refractivity contribution in [2.75, 3.05) is 11.6 Å². The first-order valence-corrected chi connectivity index (χ1v) is 6.48. The molecule has 0 radical (unpaired) electrons. The summed E-state index contributed by atoms with van der Waals surface area (Å²) in [5.74, 6) is 2.85. The van der Waals surface area contributed by atoms with Crippen molar-refractivity contribution >= 4 is 46.0 Å². The maximum atomic E-state index is 5.57. The van der Waals surface area contributed by atoms with Gasteiger partial charge in [0.05, 0.1) is 0 Å². The average Bonchev–Trinajstić information content (AvgIpc) is 2.09. The van der Waals surface area contributed by atoms with Crippen LogP contribution in [0.1, 0.15) is 5.56 Å². The molecule has 0 bridgehead atoms. The number of hydrogen-bond acceptors (Lipinski definition) is 1. The van der Waals surface area contributed by atoms with Crippen LogP contribution in [0.25, 0.3) is 0 Å². The van der Waals surface area contributed by atoms with E-state index in [1.54, 1.807) is 0 Å². The first-order chi connectivity index (χ1) is 5.83. The molecule has 0 saturated heterocycles. The topological polar surface area (TPSA) is 0 Å². The molecule has 0 aliphatic heterocycles. The van der Waals surface area contributed by atoms with Crippen LogP contribution in [-0.2, 0) is 5.75 Å². The van der Waals surface area contributed by atoms with Crippen molar-refractivity contribution in [3.05, 3.63) is 33.4 Å². The van der Waals surface area contributed by atoms with Gasteiger partial charge in [-0.05, 0) is 40.3 Å². The molecule has 0 fully saturated rings. The number of halogens is 2. The highest BCUT2D eigenvalue weighted by molar-refractivity contribution is 14.1. The lowest BCUT2D eigenvalue weighted by Crippen LogP contribution is -1.83. The summed E-state index contributed by atoms with van der Waals surface area (Å²) in [5.41, 5.74) is 1.38. The molecule has 0 N–H and O–H groups in total. The fourth-order valence-electron chi connectivity index (χ4n) is 0.825. The highest BCUT2D eigenvalue weighted by atomic mass is 127. The minimum Gasteiger partial charge on any atom is -0.156 e. The Hall–Kier alpha value is 0.590. The monoisotopic (exact) mass is 312 g/mol. The molecule has 12 heavy (non-hydrogen) atoms. The van der Waals surface area contributed by atoms with Crippen LogP contribution < -0.4 is 0 Å². The van der Waals surface area contributed by atoms with Gasteiger partial charge in [-0.25, -0.2) is 0 Å². The van der Waals surface area contributed by atoms with Gasteiger partial charge >= 0.3 is 0 Å². The van der Waals surface area contributed by atoms with Crippen LogP contribution >= 0.6 is 46.0 Å². The standard InChI is InChI=1S/C9H10ClIS/c10-5-6-12-7-8-1-3-9(11)4-2-8/h1-4H,5-7H2. The van der Waals surface area contributed by atoms with E-state index in [4.69, 9.17) is 11.6 Å². The van der Waals surface area contributed by atoms with E-state index >= 15 is 0 Å². The number of benzene rings is 1. The van der Waals surface area contributed by atoms with Crippen molar-refractivity contribution in [1.82, 2.24) is 0 Å². The average molecular weight is 313 g/mol. The van der Waals surface area contributed by atoms with Crippen LogP contribution in [0, 0.1) is 3.57 Å². The summed E-state index contributed by atoms with van der Waals surface area (Å²) in [5, 5.41) is 0. The summed E-state index contributed by atoms with van der Waals surface area (Å²) >= 11 is 9.76. The van der Waals surface area contributed by atoms with Gasteiger partial charge in [0.1, 0.15) is 0 Å². The molecule has 0 aromatic heterocycles. The Morgan fingerprint density at radius 1 is 1.25 bits per heavy atom. The van der Waals surface area contributed by atoms with E-state index in [-0.39, 0.29) is 0 Å². The van der Waals surface area contributed by atoms with Crippen LogP contribution in [0.15, 0.2) is 24.3 Å². The molecule has 0 saturated carbocycles. The molecule has 0 aliphatic rings. The van der Waals surface area contributed by atoms with Crippen molar-refractivity contribution in [3.63, 3.8) is 0 Å². The minimum absolute atomic E-state index is 0.745. The lowest BCUT2D eigenvalue weighted by atomic mass is 10.2. The van der Waals surface area contributed by atoms with E-state index in [1.807, 2.05) is 11.8 Å². The molecule has 0 aliphatic carbocycles. The fraction of sp³-hybridized carbons (Fsp3) is 0.333. The summed E-state index contributed by atoms with van der Waals surface area (Å²) in [7, 11) is 0. The smallest absolute Gasteiger partial charge is 0.0314 e. The third-order valence-electron chi connectivity index (χ3n) is 1.40. The van der Waals surface area contributed by atoms with Crippen LogP contribution in [-0.4, -0.2) is 11.6 Å². The molecule has 1 rings (SSSR count). The predicted octanol–water partition coefficient (Wildman–Crippen LogP) is 3.76. The lowest BCUT2D eigenvalue weighted by molar-refractivity contribution is 1.39. The Labute approximate surface area is 96.2 Å². The van der Waals surface area contributed by atoms with Gasteiger partial charge in [0, 0.05) is 21.0 Å². The molecular weight excluding hydrogens is 303 g/mol. The first kappa shape index (κ1) is 10.7. The fourth-order valence-corrected chi connectivity index (χ4v) is 2.19. The van der Waals surface area contributed by atoms with Crippen molar-refractivity contribution in [1.29, 1.82) is 0 Å². The van der Waals surface area contributed by atoms with Crippen molar-refractivity contribution in [2.24, 2.45) is 0 Å². The zero-order valence-corrected chi connectivity index (χ0v) is 10.3. The summed E-state index contributed by atoms with van der Waals surface area (Å²) in [6.45, 7) is 0. The summed E-state index contributed by atoms with van der Waals surface area (Å²) in [4.78, 5) is 0. The van der Waals surface area contributed by atoms with Crippen LogP contribution in [0.5, 0.6) is 0 Å². The van der Waals surface area contributed by atoms with Crippen LogP contribution in [0.3, 0.4) is 0 Å². The van der Waals surface area contributed by atoms with Gasteiger partial charge in [0.25, 0.3) is 0 Å². The van der Waals surface area contributed by atoms with E-state index < -0.39 is 0 Å². The highest BCUT2D eigenvalue weighted by Gasteiger charge is 1.92. The zero-order chi connectivity index (χ0) is 8.81. The SMILES string of the molecule is ClCCSCc1ccc(I)cc1. The molecule has 0 unspecified atom stereocenters. The maximum absolute atomic E-state index is 5.57. The molecule has 0 atom stereocenters. The Bertz CT molecular complexity index is 222. The third kappa shape index (κ3) is 4.01. The molecule has 66 valence electrons. The molecule has 1 aromatic rings. The van der Waals surface area contributed by atoms with Gasteiger partial charge in [-0.3, -0.25) is 0 Å². The highest BCUT2D eigenvalue weighted by Crippen LogP contribution is 2.13. The number of thioether (sulfide) groups is 1. The van der Waals surface area contributed by atoms with E-state index in [2.05, 4.69) is 46.9 Å². The zero-order valence-electron chi connectivity index (χ0n) is 6.59. The van der Waals surface area contributed by atoms with Gasteiger partial charge in [-0.1, -0.05) is 12.1 Å². The van der Waals surface area contributed by atoms with E-state index in [1.165, 1.54) is 9.13 Å². The largest absolute Gasteiger partial charge is 0.156 e. The number of alkyl halides is 1. The lowest BCUT2D eigenvalue weighted by Gasteiger charge is -1.99. The van der Waals surface area contributed by atoms with Gasteiger partial charge in [0.15, 0.2) is 0 Å². The summed E-state index contributed by atoms with van der Waals surface area (Å²) in [6, 6.07) is 8.61. The quantitative estimate of drug-likeness (QED) is 0.463. The Morgan fingerprint density at radius 3 is 2.50 bits per heavy atom. The van der Waals surface area contributed by atoms with E-state index in [9.17, 15) is 0 Å². The minimum atomic E-state index is 0.745. The second-order valence-corrected chi connectivity index (χ2v) is 5.10.